The normalized spacial score (nSPS) is 12.6. The fourth-order valence-corrected chi connectivity index (χ4v) is 1.81. The van der Waals surface area contributed by atoms with E-state index in [1.807, 2.05) is 6.92 Å². The summed E-state index contributed by atoms with van der Waals surface area (Å²) < 4.78 is 6.01. The molecule has 1 N–H and O–H groups in total. The van der Waals surface area contributed by atoms with Crippen molar-refractivity contribution < 1.29 is 14.6 Å². The van der Waals surface area contributed by atoms with Crippen LogP contribution in [0.5, 0.6) is 0 Å². The van der Waals surface area contributed by atoms with Crippen molar-refractivity contribution in [3.8, 4) is 0 Å². The smallest absolute Gasteiger partial charge is 0.335 e. The molecule has 1 unspecified atom stereocenters. The molecule has 0 spiro atoms. The van der Waals surface area contributed by atoms with E-state index in [0.29, 0.717) is 17.1 Å². The maximum Gasteiger partial charge on any atom is 0.335 e. The van der Waals surface area contributed by atoms with Crippen LogP contribution in [0.25, 0.3) is 0 Å². The number of rotatable bonds is 4. The summed E-state index contributed by atoms with van der Waals surface area (Å²) in [5.74, 6) is -0.671. The third kappa shape index (κ3) is 2.54. The lowest BCUT2D eigenvalue weighted by Gasteiger charge is -2.08. The first-order valence-corrected chi connectivity index (χ1v) is 5.35. The summed E-state index contributed by atoms with van der Waals surface area (Å²) in [6, 6.07) is 0. The fraction of sp³-hybridized carbons (Fsp3) is 0.600. The summed E-state index contributed by atoms with van der Waals surface area (Å²) in [4.78, 5) is 11.1. The van der Waals surface area contributed by atoms with Crippen LogP contribution in [0.1, 0.15) is 18.3 Å². The molecule has 0 saturated heterocycles. The van der Waals surface area contributed by atoms with E-state index in [4.69, 9.17) is 11.6 Å². The Morgan fingerprint density at radius 2 is 2.31 bits per heavy atom. The number of hydrogen-bond donors (Lipinski definition) is 1. The molecule has 5 nitrogen and oxygen atoms in total. The second-order valence-corrected chi connectivity index (χ2v) is 3.81. The van der Waals surface area contributed by atoms with Crippen LogP contribution < -0.4 is 0 Å². The highest BCUT2D eigenvalue weighted by Gasteiger charge is 2.21. The predicted octanol–water partition coefficient (Wildman–Crippen LogP) is 0.712. The summed E-state index contributed by atoms with van der Waals surface area (Å²) in [5, 5.41) is 14.2. The number of carbonyl (C=O) groups excluding carboxylic acids is 1. The average molecular weight is 247 g/mol. The zero-order valence-electron chi connectivity index (χ0n) is 9.53. The lowest BCUT2D eigenvalue weighted by molar-refractivity contribution is -0.150. The van der Waals surface area contributed by atoms with Gasteiger partial charge < -0.3 is 9.84 Å². The van der Waals surface area contributed by atoms with E-state index in [2.05, 4.69) is 9.84 Å². The van der Waals surface area contributed by atoms with Crippen molar-refractivity contribution in [3.05, 3.63) is 16.4 Å². The standard InChI is InChI=1S/C10H15ClN2O3/c1-4-6-9(11)7(13(2)12-6)5-8(14)10(15)16-3/h8,14H,4-5H2,1-3H3. The maximum atomic E-state index is 11.1. The van der Waals surface area contributed by atoms with Crippen LogP contribution in [-0.2, 0) is 29.4 Å². The molecule has 0 aliphatic rings. The molecule has 1 atom stereocenters. The van der Waals surface area contributed by atoms with Crippen molar-refractivity contribution in [3.63, 3.8) is 0 Å². The van der Waals surface area contributed by atoms with Crippen molar-refractivity contribution in [1.29, 1.82) is 0 Å². The van der Waals surface area contributed by atoms with E-state index in [0.717, 1.165) is 5.69 Å². The Bertz CT molecular complexity index is 390. The summed E-state index contributed by atoms with van der Waals surface area (Å²) >= 11 is 6.08. The molecule has 16 heavy (non-hydrogen) atoms. The van der Waals surface area contributed by atoms with Gasteiger partial charge in [0.2, 0.25) is 0 Å². The van der Waals surface area contributed by atoms with Gasteiger partial charge in [0.1, 0.15) is 0 Å². The Kier molecular flexibility index (Phi) is 4.32. The lowest BCUT2D eigenvalue weighted by Crippen LogP contribution is -2.25. The molecular formula is C10H15ClN2O3. The molecule has 1 aromatic heterocycles. The number of aliphatic hydroxyl groups excluding tert-OH is 1. The summed E-state index contributed by atoms with van der Waals surface area (Å²) in [6.07, 6.45) is -0.390. The molecule has 0 fully saturated rings. The van der Waals surface area contributed by atoms with Gasteiger partial charge in [0.05, 0.1) is 23.5 Å². The van der Waals surface area contributed by atoms with E-state index in [1.165, 1.54) is 7.11 Å². The van der Waals surface area contributed by atoms with Crippen LogP contribution >= 0.6 is 11.6 Å². The zero-order valence-corrected chi connectivity index (χ0v) is 10.3. The number of aromatic nitrogens is 2. The minimum absolute atomic E-state index is 0.106. The number of nitrogens with zero attached hydrogens (tertiary/aromatic N) is 2. The van der Waals surface area contributed by atoms with Gasteiger partial charge in [-0.2, -0.15) is 5.10 Å². The van der Waals surface area contributed by atoms with Gasteiger partial charge in [0.15, 0.2) is 6.10 Å². The largest absolute Gasteiger partial charge is 0.467 e. The van der Waals surface area contributed by atoms with Crippen LogP contribution in [0.3, 0.4) is 0 Å². The number of halogens is 1. The van der Waals surface area contributed by atoms with Gasteiger partial charge in [-0.1, -0.05) is 18.5 Å². The SMILES string of the molecule is CCc1nn(C)c(CC(O)C(=O)OC)c1Cl. The highest BCUT2D eigenvalue weighted by atomic mass is 35.5. The maximum absolute atomic E-state index is 11.1. The van der Waals surface area contributed by atoms with Gasteiger partial charge in [-0.15, -0.1) is 0 Å². The van der Waals surface area contributed by atoms with Crippen LogP contribution in [0.2, 0.25) is 5.02 Å². The monoisotopic (exact) mass is 246 g/mol. The molecule has 0 aromatic carbocycles. The van der Waals surface area contributed by atoms with Gasteiger partial charge in [0.25, 0.3) is 0 Å². The molecule has 0 amide bonds. The van der Waals surface area contributed by atoms with E-state index in [1.54, 1.807) is 11.7 Å². The van der Waals surface area contributed by atoms with E-state index >= 15 is 0 Å². The second kappa shape index (κ2) is 5.32. The predicted molar refractivity (Wildman–Crippen MR) is 59.3 cm³/mol. The molecule has 90 valence electrons. The Hall–Kier alpha value is -1.07. The molecule has 0 saturated carbocycles. The lowest BCUT2D eigenvalue weighted by atomic mass is 10.2. The molecule has 1 aromatic rings. The average Bonchev–Trinajstić information content (AvgIpc) is 2.55. The summed E-state index contributed by atoms with van der Waals surface area (Å²) in [5.41, 5.74) is 1.40. The topological polar surface area (TPSA) is 64.3 Å². The number of aliphatic hydroxyl groups is 1. The minimum atomic E-state index is -1.21. The highest BCUT2D eigenvalue weighted by molar-refractivity contribution is 6.31. The Morgan fingerprint density at radius 3 is 2.75 bits per heavy atom. The quantitative estimate of drug-likeness (QED) is 0.795. The van der Waals surface area contributed by atoms with Crippen LogP contribution in [0, 0.1) is 0 Å². The first-order chi connectivity index (χ1) is 7.51. The number of carbonyl (C=O) groups is 1. The number of aryl methyl sites for hydroxylation is 2. The van der Waals surface area contributed by atoms with Crippen molar-refractivity contribution in [2.45, 2.75) is 25.9 Å². The minimum Gasteiger partial charge on any atom is -0.467 e. The Balaban J connectivity index is 2.89. The van der Waals surface area contributed by atoms with Gasteiger partial charge in [-0.05, 0) is 6.42 Å². The molecule has 0 radical (unpaired) electrons. The van der Waals surface area contributed by atoms with E-state index < -0.39 is 12.1 Å². The second-order valence-electron chi connectivity index (χ2n) is 3.43. The third-order valence-electron chi connectivity index (χ3n) is 2.36. The number of ether oxygens (including phenoxy) is 1. The highest BCUT2D eigenvalue weighted by Crippen LogP contribution is 2.22. The Morgan fingerprint density at radius 1 is 1.69 bits per heavy atom. The molecule has 0 aliphatic carbocycles. The van der Waals surface area contributed by atoms with Crippen molar-refractivity contribution >= 4 is 17.6 Å². The fourth-order valence-electron chi connectivity index (χ4n) is 1.44. The number of methoxy groups -OCH3 is 1. The van der Waals surface area contributed by atoms with Crippen LogP contribution in [-0.4, -0.2) is 34.1 Å². The van der Waals surface area contributed by atoms with Gasteiger partial charge in [-0.3, -0.25) is 4.68 Å². The van der Waals surface area contributed by atoms with Crippen molar-refractivity contribution in [2.75, 3.05) is 7.11 Å². The third-order valence-corrected chi connectivity index (χ3v) is 2.80. The number of esters is 1. The van der Waals surface area contributed by atoms with E-state index in [9.17, 15) is 9.90 Å². The molecule has 6 heteroatoms. The molecule has 1 rings (SSSR count). The molecule has 0 aliphatic heterocycles. The van der Waals surface area contributed by atoms with Crippen LogP contribution in [0.4, 0.5) is 0 Å². The Labute approximate surface area is 99.0 Å². The van der Waals surface area contributed by atoms with E-state index in [-0.39, 0.29) is 6.42 Å². The molecule has 0 bridgehead atoms. The zero-order chi connectivity index (χ0) is 12.3. The number of hydrogen-bond acceptors (Lipinski definition) is 4. The first-order valence-electron chi connectivity index (χ1n) is 4.97. The first kappa shape index (κ1) is 13.0. The van der Waals surface area contributed by atoms with Crippen LogP contribution in [0.15, 0.2) is 0 Å². The molecule has 1 heterocycles. The van der Waals surface area contributed by atoms with Crippen molar-refractivity contribution in [2.24, 2.45) is 7.05 Å². The van der Waals surface area contributed by atoms with Gasteiger partial charge >= 0.3 is 5.97 Å². The van der Waals surface area contributed by atoms with Gasteiger partial charge in [-0.25, -0.2) is 4.79 Å². The molecular weight excluding hydrogens is 232 g/mol. The van der Waals surface area contributed by atoms with Gasteiger partial charge in [0, 0.05) is 13.5 Å². The van der Waals surface area contributed by atoms with Crippen molar-refractivity contribution in [1.82, 2.24) is 9.78 Å². The summed E-state index contributed by atoms with van der Waals surface area (Å²) in [6.45, 7) is 1.94. The summed E-state index contributed by atoms with van der Waals surface area (Å²) in [7, 11) is 2.96.